The van der Waals surface area contributed by atoms with E-state index in [1.807, 2.05) is 6.20 Å². The number of anilines is 1. The van der Waals surface area contributed by atoms with Crippen molar-refractivity contribution in [3.8, 4) is 0 Å². The van der Waals surface area contributed by atoms with E-state index in [0.29, 0.717) is 26.2 Å². The SMILES string of the molecule is NCCn1cc(N2CCNC2=O)cn1. The molecule has 0 aliphatic carbocycles. The van der Waals surface area contributed by atoms with E-state index in [1.165, 1.54) is 0 Å². The third-order valence-electron chi connectivity index (χ3n) is 2.15. The topological polar surface area (TPSA) is 76.2 Å². The van der Waals surface area contributed by atoms with Crippen molar-refractivity contribution in [3.63, 3.8) is 0 Å². The summed E-state index contributed by atoms with van der Waals surface area (Å²) in [5, 5.41) is 6.83. The van der Waals surface area contributed by atoms with Gasteiger partial charge in [-0.2, -0.15) is 5.10 Å². The average molecular weight is 195 g/mol. The summed E-state index contributed by atoms with van der Waals surface area (Å²) in [6, 6.07) is -0.0581. The fourth-order valence-corrected chi connectivity index (χ4v) is 1.46. The van der Waals surface area contributed by atoms with Crippen molar-refractivity contribution < 1.29 is 4.79 Å². The number of carbonyl (C=O) groups excluding carboxylic acids is 1. The van der Waals surface area contributed by atoms with Crippen molar-refractivity contribution in [3.05, 3.63) is 12.4 Å². The largest absolute Gasteiger partial charge is 0.336 e. The van der Waals surface area contributed by atoms with E-state index in [9.17, 15) is 4.79 Å². The molecule has 2 amide bonds. The monoisotopic (exact) mass is 195 g/mol. The summed E-state index contributed by atoms with van der Waals surface area (Å²) in [6.07, 6.45) is 3.51. The summed E-state index contributed by atoms with van der Waals surface area (Å²) in [5.74, 6) is 0. The number of nitrogens with zero attached hydrogens (tertiary/aromatic N) is 3. The van der Waals surface area contributed by atoms with E-state index in [-0.39, 0.29) is 6.03 Å². The van der Waals surface area contributed by atoms with Crippen molar-refractivity contribution in [2.45, 2.75) is 6.54 Å². The number of nitrogens with one attached hydrogen (secondary N) is 1. The van der Waals surface area contributed by atoms with Crippen LogP contribution in [0.4, 0.5) is 10.5 Å². The van der Waals surface area contributed by atoms with Gasteiger partial charge in [-0.1, -0.05) is 0 Å². The zero-order valence-corrected chi connectivity index (χ0v) is 7.81. The molecule has 0 aromatic carbocycles. The summed E-state index contributed by atoms with van der Waals surface area (Å²) in [6.45, 7) is 2.62. The molecule has 0 bridgehead atoms. The molecule has 0 saturated carbocycles. The molecule has 1 aromatic heterocycles. The molecule has 2 rings (SSSR count). The highest BCUT2D eigenvalue weighted by molar-refractivity contribution is 5.93. The third-order valence-corrected chi connectivity index (χ3v) is 2.15. The predicted octanol–water partition coefficient (Wildman–Crippen LogP) is -0.629. The van der Waals surface area contributed by atoms with Crippen LogP contribution in [0.25, 0.3) is 0 Å². The van der Waals surface area contributed by atoms with Crippen molar-refractivity contribution in [2.75, 3.05) is 24.5 Å². The van der Waals surface area contributed by atoms with Crippen LogP contribution < -0.4 is 16.0 Å². The van der Waals surface area contributed by atoms with E-state index >= 15 is 0 Å². The lowest BCUT2D eigenvalue weighted by Gasteiger charge is -2.09. The molecule has 6 nitrogen and oxygen atoms in total. The summed E-state index contributed by atoms with van der Waals surface area (Å²) in [5.41, 5.74) is 6.22. The van der Waals surface area contributed by atoms with Crippen LogP contribution in [-0.2, 0) is 6.54 Å². The second-order valence-electron chi connectivity index (χ2n) is 3.13. The third kappa shape index (κ3) is 1.56. The Kier molecular flexibility index (Phi) is 2.36. The maximum atomic E-state index is 11.3. The van der Waals surface area contributed by atoms with E-state index < -0.39 is 0 Å². The minimum Gasteiger partial charge on any atom is -0.336 e. The fraction of sp³-hybridized carbons (Fsp3) is 0.500. The molecule has 6 heteroatoms. The van der Waals surface area contributed by atoms with Crippen LogP contribution in [0.5, 0.6) is 0 Å². The first-order chi connectivity index (χ1) is 6.81. The minimum absolute atomic E-state index is 0.0581. The first-order valence-electron chi connectivity index (χ1n) is 4.59. The van der Waals surface area contributed by atoms with Gasteiger partial charge < -0.3 is 11.1 Å². The molecule has 76 valence electrons. The van der Waals surface area contributed by atoms with Gasteiger partial charge in [-0.05, 0) is 0 Å². The molecule has 0 unspecified atom stereocenters. The number of hydrogen-bond donors (Lipinski definition) is 2. The molecular formula is C8H13N5O. The molecule has 14 heavy (non-hydrogen) atoms. The zero-order valence-electron chi connectivity index (χ0n) is 7.81. The van der Waals surface area contributed by atoms with Crippen molar-refractivity contribution >= 4 is 11.7 Å². The van der Waals surface area contributed by atoms with E-state index in [4.69, 9.17) is 5.73 Å². The van der Waals surface area contributed by atoms with E-state index in [1.54, 1.807) is 15.8 Å². The smallest absolute Gasteiger partial charge is 0.322 e. The lowest BCUT2D eigenvalue weighted by Crippen LogP contribution is -2.27. The Balaban J connectivity index is 2.12. The molecule has 2 heterocycles. The van der Waals surface area contributed by atoms with Gasteiger partial charge >= 0.3 is 6.03 Å². The molecule has 1 fully saturated rings. The van der Waals surface area contributed by atoms with E-state index in [2.05, 4.69) is 10.4 Å². The number of rotatable bonds is 3. The van der Waals surface area contributed by atoms with Gasteiger partial charge in [0, 0.05) is 25.8 Å². The van der Waals surface area contributed by atoms with E-state index in [0.717, 1.165) is 5.69 Å². The number of aromatic nitrogens is 2. The minimum atomic E-state index is -0.0581. The molecule has 1 aliphatic rings. The van der Waals surface area contributed by atoms with Gasteiger partial charge in [0.15, 0.2) is 0 Å². The molecule has 1 aromatic rings. The van der Waals surface area contributed by atoms with Gasteiger partial charge in [0.05, 0.1) is 18.4 Å². The Labute approximate surface area is 81.7 Å². The fourth-order valence-electron chi connectivity index (χ4n) is 1.46. The van der Waals surface area contributed by atoms with Crippen LogP contribution in [0.2, 0.25) is 0 Å². The van der Waals surface area contributed by atoms with Crippen LogP contribution in [0, 0.1) is 0 Å². The molecule has 0 atom stereocenters. The summed E-state index contributed by atoms with van der Waals surface area (Å²) in [7, 11) is 0. The molecule has 1 aliphatic heterocycles. The van der Waals surface area contributed by atoms with Gasteiger partial charge in [-0.3, -0.25) is 9.58 Å². The number of amides is 2. The Morgan fingerprint density at radius 2 is 2.50 bits per heavy atom. The maximum absolute atomic E-state index is 11.3. The summed E-state index contributed by atoms with van der Waals surface area (Å²) < 4.78 is 1.74. The number of urea groups is 1. The first-order valence-corrected chi connectivity index (χ1v) is 4.59. The van der Waals surface area contributed by atoms with Gasteiger partial charge in [0.25, 0.3) is 0 Å². The first kappa shape index (κ1) is 9.01. The molecular weight excluding hydrogens is 182 g/mol. The second-order valence-corrected chi connectivity index (χ2v) is 3.13. The lowest BCUT2D eigenvalue weighted by molar-refractivity contribution is 0.252. The Morgan fingerprint density at radius 3 is 3.14 bits per heavy atom. The highest BCUT2D eigenvalue weighted by Crippen LogP contribution is 2.14. The summed E-state index contributed by atoms with van der Waals surface area (Å²) in [4.78, 5) is 13.0. The van der Waals surface area contributed by atoms with Crippen LogP contribution >= 0.6 is 0 Å². The summed E-state index contributed by atoms with van der Waals surface area (Å²) >= 11 is 0. The molecule has 0 radical (unpaired) electrons. The number of carbonyl (C=O) groups is 1. The van der Waals surface area contributed by atoms with Crippen molar-refractivity contribution in [1.29, 1.82) is 0 Å². The Morgan fingerprint density at radius 1 is 1.64 bits per heavy atom. The average Bonchev–Trinajstić information content (AvgIpc) is 2.74. The lowest BCUT2D eigenvalue weighted by atomic mass is 10.5. The normalized spacial score (nSPS) is 16.1. The maximum Gasteiger partial charge on any atom is 0.322 e. The number of nitrogens with two attached hydrogens (primary N) is 1. The standard InChI is InChI=1S/C8H13N5O/c9-1-3-12-6-7(5-11-12)13-4-2-10-8(13)14/h5-6H,1-4,9H2,(H,10,14). The highest BCUT2D eigenvalue weighted by atomic mass is 16.2. The van der Waals surface area contributed by atoms with Crippen LogP contribution in [0.3, 0.4) is 0 Å². The van der Waals surface area contributed by atoms with Crippen LogP contribution in [-0.4, -0.2) is 35.4 Å². The zero-order chi connectivity index (χ0) is 9.97. The van der Waals surface area contributed by atoms with Crippen molar-refractivity contribution in [2.24, 2.45) is 5.73 Å². The van der Waals surface area contributed by atoms with Crippen LogP contribution in [0.1, 0.15) is 0 Å². The molecule has 1 saturated heterocycles. The van der Waals surface area contributed by atoms with Gasteiger partial charge in [-0.25, -0.2) is 4.79 Å². The van der Waals surface area contributed by atoms with Gasteiger partial charge in [-0.15, -0.1) is 0 Å². The van der Waals surface area contributed by atoms with Gasteiger partial charge in [0.2, 0.25) is 0 Å². The highest BCUT2D eigenvalue weighted by Gasteiger charge is 2.21. The quantitative estimate of drug-likeness (QED) is 0.674. The molecule has 0 spiro atoms. The Hall–Kier alpha value is -1.56. The van der Waals surface area contributed by atoms with Crippen molar-refractivity contribution in [1.82, 2.24) is 15.1 Å². The molecule has 3 N–H and O–H groups in total. The van der Waals surface area contributed by atoms with Crippen LogP contribution in [0.15, 0.2) is 12.4 Å². The Bertz CT molecular complexity index is 334. The predicted molar refractivity (Wildman–Crippen MR) is 52.0 cm³/mol. The second kappa shape index (κ2) is 3.67. The number of hydrogen-bond acceptors (Lipinski definition) is 3. The van der Waals surface area contributed by atoms with Gasteiger partial charge in [0.1, 0.15) is 0 Å².